The lowest BCUT2D eigenvalue weighted by Crippen LogP contribution is -2.60. The van der Waals surface area contributed by atoms with Crippen molar-refractivity contribution in [2.75, 3.05) is 6.61 Å². The molecule has 1 atom stereocenters. The Morgan fingerprint density at radius 1 is 1.38 bits per heavy atom. The maximum absolute atomic E-state index is 11.8. The number of carbonyl (C=O) groups is 1. The Bertz CT molecular complexity index is 523. The zero-order valence-electron chi connectivity index (χ0n) is 13.3. The van der Waals surface area contributed by atoms with Gasteiger partial charge in [0, 0.05) is 6.04 Å². The van der Waals surface area contributed by atoms with Crippen molar-refractivity contribution in [2.45, 2.75) is 52.1 Å². The van der Waals surface area contributed by atoms with Crippen molar-refractivity contribution in [1.29, 1.82) is 0 Å². The SMILES string of the molecule is Cc1ccc(OCC(NC(C)C)(C(=O)O)C2CC2)cc1C. The van der Waals surface area contributed by atoms with Crippen LogP contribution in [0.2, 0.25) is 0 Å². The molecule has 1 aliphatic rings. The zero-order valence-corrected chi connectivity index (χ0v) is 13.3. The molecular formula is C17H25NO3. The third-order valence-corrected chi connectivity index (χ3v) is 4.15. The smallest absolute Gasteiger partial charge is 0.327 e. The molecule has 0 aliphatic heterocycles. The first-order valence-electron chi connectivity index (χ1n) is 7.56. The molecule has 0 heterocycles. The average Bonchev–Trinajstić information content (AvgIpc) is 3.22. The van der Waals surface area contributed by atoms with Gasteiger partial charge in [-0.2, -0.15) is 0 Å². The number of benzene rings is 1. The third-order valence-electron chi connectivity index (χ3n) is 4.15. The van der Waals surface area contributed by atoms with Gasteiger partial charge in [-0.05, 0) is 69.7 Å². The molecule has 116 valence electrons. The van der Waals surface area contributed by atoms with E-state index in [0.29, 0.717) is 0 Å². The number of nitrogens with one attached hydrogen (secondary N) is 1. The van der Waals surface area contributed by atoms with Crippen molar-refractivity contribution in [1.82, 2.24) is 5.32 Å². The molecule has 1 unspecified atom stereocenters. The van der Waals surface area contributed by atoms with Crippen LogP contribution in [-0.2, 0) is 4.79 Å². The van der Waals surface area contributed by atoms with E-state index in [0.717, 1.165) is 24.2 Å². The Morgan fingerprint density at radius 3 is 2.52 bits per heavy atom. The molecule has 4 heteroatoms. The Hall–Kier alpha value is -1.55. The molecule has 0 spiro atoms. The highest BCUT2D eigenvalue weighted by Gasteiger charge is 2.52. The Morgan fingerprint density at radius 2 is 2.05 bits per heavy atom. The van der Waals surface area contributed by atoms with E-state index in [1.165, 1.54) is 5.56 Å². The lowest BCUT2D eigenvalue weighted by atomic mass is 9.93. The van der Waals surface area contributed by atoms with Gasteiger partial charge in [0.2, 0.25) is 0 Å². The fourth-order valence-corrected chi connectivity index (χ4v) is 2.67. The lowest BCUT2D eigenvalue weighted by Gasteiger charge is -2.32. The Balaban J connectivity index is 2.14. The molecule has 1 saturated carbocycles. The number of aliphatic carboxylic acids is 1. The maximum Gasteiger partial charge on any atom is 0.327 e. The molecule has 2 rings (SSSR count). The van der Waals surface area contributed by atoms with Crippen LogP contribution in [0.5, 0.6) is 5.75 Å². The molecule has 0 saturated heterocycles. The summed E-state index contributed by atoms with van der Waals surface area (Å²) in [6, 6.07) is 5.96. The van der Waals surface area contributed by atoms with Crippen molar-refractivity contribution in [3.05, 3.63) is 29.3 Å². The molecule has 1 fully saturated rings. The lowest BCUT2D eigenvalue weighted by molar-refractivity contribution is -0.148. The summed E-state index contributed by atoms with van der Waals surface area (Å²) < 4.78 is 5.83. The first-order valence-corrected chi connectivity index (χ1v) is 7.56. The number of aryl methyl sites for hydroxylation is 2. The van der Waals surface area contributed by atoms with Gasteiger partial charge in [0.15, 0.2) is 5.54 Å². The highest BCUT2D eigenvalue weighted by Crippen LogP contribution is 2.40. The summed E-state index contributed by atoms with van der Waals surface area (Å²) in [7, 11) is 0. The standard InChI is InChI=1S/C17H25NO3/c1-11(2)18-17(16(19)20,14-6-7-14)10-21-15-8-5-12(3)13(4)9-15/h5,8-9,11,14,18H,6-7,10H2,1-4H3,(H,19,20). The van der Waals surface area contributed by atoms with Crippen LogP contribution < -0.4 is 10.1 Å². The van der Waals surface area contributed by atoms with E-state index in [1.54, 1.807) is 0 Å². The minimum atomic E-state index is -0.979. The number of hydrogen-bond acceptors (Lipinski definition) is 3. The predicted molar refractivity (Wildman–Crippen MR) is 82.8 cm³/mol. The van der Waals surface area contributed by atoms with Crippen LogP contribution in [0.4, 0.5) is 0 Å². The average molecular weight is 291 g/mol. The first kappa shape index (κ1) is 15.8. The largest absolute Gasteiger partial charge is 0.491 e. The van der Waals surface area contributed by atoms with Gasteiger partial charge < -0.3 is 9.84 Å². The quantitative estimate of drug-likeness (QED) is 0.811. The molecule has 21 heavy (non-hydrogen) atoms. The van der Waals surface area contributed by atoms with E-state index in [2.05, 4.69) is 5.32 Å². The van der Waals surface area contributed by atoms with E-state index in [9.17, 15) is 9.90 Å². The number of carboxylic acids is 1. The summed E-state index contributed by atoms with van der Waals surface area (Å²) in [5.74, 6) is 0.0708. The Kier molecular flexibility index (Phi) is 4.57. The summed E-state index contributed by atoms with van der Waals surface area (Å²) in [5, 5.41) is 12.9. The molecule has 4 nitrogen and oxygen atoms in total. The zero-order chi connectivity index (χ0) is 15.6. The molecule has 0 amide bonds. The molecule has 1 aromatic rings. The van der Waals surface area contributed by atoms with Gasteiger partial charge in [0.25, 0.3) is 0 Å². The van der Waals surface area contributed by atoms with Crippen molar-refractivity contribution < 1.29 is 14.6 Å². The van der Waals surface area contributed by atoms with Crippen LogP contribution >= 0.6 is 0 Å². The summed E-state index contributed by atoms with van der Waals surface area (Å²) >= 11 is 0. The van der Waals surface area contributed by atoms with Crippen LogP contribution in [0.15, 0.2) is 18.2 Å². The van der Waals surface area contributed by atoms with Gasteiger partial charge in [0.1, 0.15) is 12.4 Å². The fourth-order valence-electron chi connectivity index (χ4n) is 2.67. The fraction of sp³-hybridized carbons (Fsp3) is 0.588. The van der Waals surface area contributed by atoms with Crippen LogP contribution in [0, 0.1) is 19.8 Å². The second kappa shape index (κ2) is 6.06. The topological polar surface area (TPSA) is 58.6 Å². The second-order valence-corrected chi connectivity index (χ2v) is 6.38. The first-order chi connectivity index (χ1) is 9.85. The summed E-state index contributed by atoms with van der Waals surface area (Å²) in [4.78, 5) is 11.8. The molecule has 0 bridgehead atoms. The highest BCUT2D eigenvalue weighted by atomic mass is 16.5. The van der Waals surface area contributed by atoms with Crippen molar-refractivity contribution in [2.24, 2.45) is 5.92 Å². The van der Waals surface area contributed by atoms with Gasteiger partial charge in [-0.25, -0.2) is 0 Å². The van der Waals surface area contributed by atoms with E-state index < -0.39 is 11.5 Å². The number of carboxylic acid groups (broad SMARTS) is 1. The van der Waals surface area contributed by atoms with Crippen molar-refractivity contribution in [3.8, 4) is 5.75 Å². The van der Waals surface area contributed by atoms with Crippen molar-refractivity contribution in [3.63, 3.8) is 0 Å². The van der Waals surface area contributed by atoms with E-state index in [-0.39, 0.29) is 18.6 Å². The molecule has 2 N–H and O–H groups in total. The van der Waals surface area contributed by atoms with Gasteiger partial charge in [-0.15, -0.1) is 0 Å². The third kappa shape index (κ3) is 3.56. The molecule has 1 aliphatic carbocycles. The summed E-state index contributed by atoms with van der Waals surface area (Å²) in [6.07, 6.45) is 1.89. The highest BCUT2D eigenvalue weighted by molar-refractivity contribution is 5.80. The van der Waals surface area contributed by atoms with Crippen LogP contribution in [-0.4, -0.2) is 29.3 Å². The molecule has 0 aromatic heterocycles. The van der Waals surface area contributed by atoms with Gasteiger partial charge in [-0.3, -0.25) is 10.1 Å². The molecule has 0 radical (unpaired) electrons. The van der Waals surface area contributed by atoms with E-state index >= 15 is 0 Å². The minimum Gasteiger partial charge on any atom is -0.491 e. The predicted octanol–water partition coefficient (Wildman–Crippen LogP) is 2.91. The second-order valence-electron chi connectivity index (χ2n) is 6.38. The van der Waals surface area contributed by atoms with E-state index in [4.69, 9.17) is 4.74 Å². The van der Waals surface area contributed by atoms with Crippen LogP contribution in [0.1, 0.15) is 37.8 Å². The summed E-state index contributed by atoms with van der Waals surface area (Å²) in [5.41, 5.74) is 1.37. The Labute approximate surface area is 126 Å². The van der Waals surface area contributed by atoms with Crippen LogP contribution in [0.3, 0.4) is 0 Å². The molecule has 1 aromatic carbocycles. The minimum absolute atomic E-state index is 0.102. The number of ether oxygens (including phenoxy) is 1. The van der Waals surface area contributed by atoms with Crippen molar-refractivity contribution >= 4 is 5.97 Å². The number of hydrogen-bond donors (Lipinski definition) is 2. The van der Waals surface area contributed by atoms with Gasteiger partial charge in [-0.1, -0.05) is 6.07 Å². The number of rotatable bonds is 7. The van der Waals surface area contributed by atoms with Gasteiger partial charge >= 0.3 is 5.97 Å². The maximum atomic E-state index is 11.8. The van der Waals surface area contributed by atoms with Crippen LogP contribution in [0.25, 0.3) is 0 Å². The summed E-state index contributed by atoms with van der Waals surface area (Å²) in [6.45, 7) is 8.17. The normalized spacial score (nSPS) is 17.6. The molecular weight excluding hydrogens is 266 g/mol. The van der Waals surface area contributed by atoms with Gasteiger partial charge in [0.05, 0.1) is 0 Å². The monoisotopic (exact) mass is 291 g/mol. The van der Waals surface area contributed by atoms with E-state index in [1.807, 2.05) is 45.9 Å².